The summed E-state index contributed by atoms with van der Waals surface area (Å²) in [5, 5.41) is 0. The van der Waals surface area contributed by atoms with Crippen molar-refractivity contribution < 1.29 is 37.6 Å². The van der Waals surface area contributed by atoms with E-state index in [0.717, 1.165) is 116 Å². The Labute approximate surface area is 521 Å². The number of phosphoric ester groups is 1. The molecule has 2 atom stereocenters. The van der Waals surface area contributed by atoms with Gasteiger partial charge in [-0.2, -0.15) is 0 Å². The fraction of sp³-hybridized carbons (Fsp3) is 0.600. The van der Waals surface area contributed by atoms with Crippen LogP contribution in [-0.2, 0) is 32.7 Å². The molecule has 0 aromatic rings. The van der Waals surface area contributed by atoms with Gasteiger partial charge in [-0.05, 0) is 122 Å². The van der Waals surface area contributed by atoms with Crippen molar-refractivity contribution in [3.8, 4) is 0 Å². The van der Waals surface area contributed by atoms with Gasteiger partial charge >= 0.3 is 19.8 Å². The van der Waals surface area contributed by atoms with Crippen LogP contribution in [0.25, 0.3) is 0 Å². The van der Waals surface area contributed by atoms with E-state index in [9.17, 15) is 19.0 Å². The number of esters is 2. The van der Waals surface area contributed by atoms with Crippen LogP contribution in [0.2, 0.25) is 0 Å². The first-order valence-corrected chi connectivity index (χ1v) is 35.1. The summed E-state index contributed by atoms with van der Waals surface area (Å²) in [7, 11) is -4.41. The molecule has 0 rings (SSSR count). The van der Waals surface area contributed by atoms with Crippen molar-refractivity contribution in [3.05, 3.63) is 170 Å². The predicted octanol–water partition coefficient (Wildman–Crippen LogP) is 22.2. The highest BCUT2D eigenvalue weighted by Crippen LogP contribution is 2.43. The van der Waals surface area contributed by atoms with Crippen LogP contribution < -0.4 is 5.73 Å². The van der Waals surface area contributed by atoms with E-state index in [2.05, 4.69) is 184 Å². The third-order valence-corrected chi connectivity index (χ3v) is 14.6. The van der Waals surface area contributed by atoms with Gasteiger partial charge in [-0.1, -0.05) is 293 Å². The van der Waals surface area contributed by atoms with Crippen LogP contribution in [0, 0.1) is 0 Å². The lowest BCUT2D eigenvalue weighted by atomic mass is 10.0. The van der Waals surface area contributed by atoms with E-state index < -0.39 is 32.5 Å². The molecular formula is C75H122NO8P. The van der Waals surface area contributed by atoms with E-state index in [1.54, 1.807) is 0 Å². The van der Waals surface area contributed by atoms with Crippen LogP contribution in [0.4, 0.5) is 0 Å². The predicted molar refractivity (Wildman–Crippen MR) is 366 cm³/mol. The van der Waals surface area contributed by atoms with Crippen molar-refractivity contribution in [2.45, 2.75) is 264 Å². The van der Waals surface area contributed by atoms with Crippen LogP contribution >= 0.6 is 7.82 Å². The Morgan fingerprint density at radius 3 is 0.941 bits per heavy atom. The molecule has 0 radical (unpaired) electrons. The van der Waals surface area contributed by atoms with Gasteiger partial charge in [0.25, 0.3) is 0 Å². The van der Waals surface area contributed by atoms with E-state index in [-0.39, 0.29) is 32.6 Å². The monoisotopic (exact) mass is 1200 g/mol. The second-order valence-corrected chi connectivity index (χ2v) is 23.0. The molecule has 0 aliphatic rings. The first kappa shape index (κ1) is 80.4. The average Bonchev–Trinajstić information content (AvgIpc) is 3.52. The number of hydrogen-bond acceptors (Lipinski definition) is 8. The zero-order valence-corrected chi connectivity index (χ0v) is 54.7. The molecule has 0 aromatic carbocycles. The number of unbranched alkanes of at least 4 members (excludes halogenated alkanes) is 20. The van der Waals surface area contributed by atoms with Crippen LogP contribution in [-0.4, -0.2) is 49.3 Å². The molecule has 0 aliphatic heterocycles. The molecule has 0 saturated heterocycles. The van der Waals surface area contributed by atoms with Gasteiger partial charge < -0.3 is 20.1 Å². The fourth-order valence-electron chi connectivity index (χ4n) is 8.72. The number of carbonyl (C=O) groups is 2. The topological polar surface area (TPSA) is 134 Å². The summed E-state index contributed by atoms with van der Waals surface area (Å²) in [6.07, 6.45) is 102. The second-order valence-electron chi connectivity index (χ2n) is 21.6. The summed E-state index contributed by atoms with van der Waals surface area (Å²) in [5.41, 5.74) is 5.39. The number of carbonyl (C=O) groups excluding carboxylic acids is 2. The Kier molecular flexibility index (Phi) is 64.8. The SMILES string of the molecule is CC/C=C\C/C=C\C/C=C\C/C=C\C/C=C\C/C=C\C/C=C\CCCCCCCCCCCCCCCCCCCCCC(=O)OC(COC(=O)CCC/C=C\C/C=C\C/C=C\C/C=C\C/C=C\C/C=C\C/C=C\CC)COP(=O)(O)OCCN. The van der Waals surface area contributed by atoms with E-state index >= 15 is 0 Å². The summed E-state index contributed by atoms with van der Waals surface area (Å²) >= 11 is 0. The van der Waals surface area contributed by atoms with Crippen LogP contribution in [0.5, 0.6) is 0 Å². The molecule has 0 spiro atoms. The lowest BCUT2D eigenvalue weighted by molar-refractivity contribution is -0.161. The Morgan fingerprint density at radius 1 is 0.353 bits per heavy atom. The molecule has 0 fully saturated rings. The summed E-state index contributed by atoms with van der Waals surface area (Å²) < 4.78 is 33.0. The zero-order chi connectivity index (χ0) is 61.6. The maximum absolute atomic E-state index is 12.7. The Bertz CT molecular complexity index is 2000. The third-order valence-electron chi connectivity index (χ3n) is 13.6. The van der Waals surface area contributed by atoms with Gasteiger partial charge in [0.15, 0.2) is 6.10 Å². The Hall–Kier alpha value is -4.63. The molecule has 85 heavy (non-hydrogen) atoms. The smallest absolute Gasteiger partial charge is 0.462 e. The van der Waals surface area contributed by atoms with E-state index in [1.165, 1.54) is 103 Å². The van der Waals surface area contributed by atoms with Gasteiger partial charge in [-0.3, -0.25) is 18.6 Å². The fourth-order valence-corrected chi connectivity index (χ4v) is 9.49. The number of hydrogen-bond donors (Lipinski definition) is 2. The summed E-state index contributed by atoms with van der Waals surface area (Å²) in [6, 6.07) is 0. The van der Waals surface area contributed by atoms with E-state index in [4.69, 9.17) is 24.3 Å². The normalized spacial score (nSPS) is 14.1. The lowest BCUT2D eigenvalue weighted by Gasteiger charge is -2.19. The van der Waals surface area contributed by atoms with Crippen molar-refractivity contribution in [2.75, 3.05) is 26.4 Å². The maximum atomic E-state index is 12.7. The summed E-state index contributed by atoms with van der Waals surface area (Å²) in [5.74, 6) is -0.902. The largest absolute Gasteiger partial charge is 0.472 e. The van der Waals surface area contributed by atoms with Gasteiger partial charge in [-0.15, -0.1) is 0 Å². The third kappa shape index (κ3) is 68.4. The molecule has 9 nitrogen and oxygen atoms in total. The van der Waals surface area contributed by atoms with Crippen molar-refractivity contribution in [1.29, 1.82) is 0 Å². The Balaban J connectivity index is 3.94. The van der Waals surface area contributed by atoms with E-state index in [1.807, 2.05) is 0 Å². The summed E-state index contributed by atoms with van der Waals surface area (Å²) in [4.78, 5) is 35.3. The highest BCUT2D eigenvalue weighted by Gasteiger charge is 2.26. The number of phosphoric acid groups is 1. The average molecular weight is 1200 g/mol. The molecule has 2 unspecified atom stereocenters. The standard InChI is InChI=1S/C75H122NO8P/c1-3-5-7-9-11-13-15-17-19-21-23-25-27-28-29-30-31-32-33-34-35-36-37-38-39-40-41-42-43-44-46-48-50-52-54-56-58-60-62-64-66-68-75(78)84-73(72-83-85(79,80)82-70-69-76)71-81-74(77)67-65-63-61-59-57-55-53-51-49-47-45-26-24-22-20-18-16-14-12-10-8-6-4-2/h5-8,11-14,17-20,23-26,28-29,31-32,34-35,47,49,53,55,59,61,73H,3-4,9-10,15-16,21-22,27,30,33,36-46,48,50-52,54,56-58,60,62-72,76H2,1-2H3,(H,79,80)/b7-5-,8-6-,13-11-,14-12-,19-17-,20-18-,25-23-,26-24-,29-28-,32-31-,35-34-,49-47-,55-53-,61-59-. The van der Waals surface area contributed by atoms with Crippen molar-refractivity contribution in [3.63, 3.8) is 0 Å². The molecule has 0 heterocycles. The quantitative estimate of drug-likeness (QED) is 0.0264. The molecular weight excluding hydrogens is 1070 g/mol. The minimum atomic E-state index is -4.41. The van der Waals surface area contributed by atoms with Gasteiger partial charge in [-0.25, -0.2) is 4.57 Å². The van der Waals surface area contributed by atoms with Gasteiger partial charge in [0.05, 0.1) is 13.2 Å². The maximum Gasteiger partial charge on any atom is 0.472 e. The highest BCUT2D eigenvalue weighted by molar-refractivity contribution is 7.47. The van der Waals surface area contributed by atoms with Crippen LogP contribution in [0.3, 0.4) is 0 Å². The Morgan fingerprint density at radius 2 is 0.624 bits per heavy atom. The number of rotatable bonds is 61. The molecule has 0 saturated carbocycles. The van der Waals surface area contributed by atoms with Crippen molar-refractivity contribution in [1.82, 2.24) is 0 Å². The van der Waals surface area contributed by atoms with Gasteiger partial charge in [0.2, 0.25) is 0 Å². The van der Waals surface area contributed by atoms with Crippen LogP contribution in [0.1, 0.15) is 258 Å². The number of allylic oxidation sites excluding steroid dienone is 28. The molecule has 3 N–H and O–H groups in total. The summed E-state index contributed by atoms with van der Waals surface area (Å²) in [6.45, 7) is 3.44. The molecule has 480 valence electrons. The minimum absolute atomic E-state index is 0.0385. The van der Waals surface area contributed by atoms with Crippen molar-refractivity contribution in [2.24, 2.45) is 5.73 Å². The lowest BCUT2D eigenvalue weighted by Crippen LogP contribution is -2.29. The number of nitrogens with two attached hydrogens (primary N) is 1. The van der Waals surface area contributed by atoms with E-state index in [0.29, 0.717) is 12.8 Å². The van der Waals surface area contributed by atoms with Crippen LogP contribution in [0.15, 0.2) is 170 Å². The van der Waals surface area contributed by atoms with Gasteiger partial charge in [0, 0.05) is 19.4 Å². The molecule has 0 amide bonds. The molecule has 0 aliphatic carbocycles. The van der Waals surface area contributed by atoms with Gasteiger partial charge in [0.1, 0.15) is 6.61 Å². The minimum Gasteiger partial charge on any atom is -0.462 e. The second kappa shape index (κ2) is 68.5. The van der Waals surface area contributed by atoms with Crippen molar-refractivity contribution >= 4 is 19.8 Å². The molecule has 0 aromatic heterocycles. The zero-order valence-electron chi connectivity index (χ0n) is 53.8. The first-order valence-electron chi connectivity index (χ1n) is 33.6. The molecule has 0 bridgehead atoms. The first-order chi connectivity index (χ1) is 41.8. The highest BCUT2D eigenvalue weighted by atomic mass is 31.2. The molecule has 10 heteroatoms. The number of ether oxygens (including phenoxy) is 2.